The molecule has 1 aliphatic heterocycles. The third-order valence-corrected chi connectivity index (χ3v) is 8.91. The zero-order valence-corrected chi connectivity index (χ0v) is 33.9. The Morgan fingerprint density at radius 2 is 1.60 bits per heavy atom. The number of amides is 2. The van der Waals surface area contributed by atoms with Crippen LogP contribution in [0, 0.1) is 18.5 Å². The molecule has 2 atom stereocenters. The van der Waals surface area contributed by atoms with Crippen molar-refractivity contribution in [2.45, 2.75) is 52.4 Å². The van der Waals surface area contributed by atoms with Crippen LogP contribution in [0.4, 0.5) is 15.8 Å². The molecule has 0 radical (unpaired) electrons. The van der Waals surface area contributed by atoms with Gasteiger partial charge in [0.15, 0.2) is 12.2 Å². The Bertz CT molecular complexity index is 1730. The van der Waals surface area contributed by atoms with E-state index in [2.05, 4.69) is 64.3 Å². The normalized spacial score (nSPS) is 14.3. The molecular weight excluding hydrogens is 893 g/mol. The van der Waals surface area contributed by atoms with Gasteiger partial charge in [-0.3, -0.25) is 19.4 Å². The number of nitrogen functional groups attached to an aromatic ring is 1. The lowest BCUT2D eigenvalue weighted by Gasteiger charge is -2.35. The number of anilines is 2. The molecule has 2 amide bonds. The van der Waals surface area contributed by atoms with Gasteiger partial charge >= 0.3 is 0 Å². The molecule has 1 aliphatic rings. The molecule has 0 unspecified atom stereocenters. The maximum Gasteiger partial charge on any atom is 0.259 e. The molecule has 5 rings (SSSR count). The van der Waals surface area contributed by atoms with E-state index in [1.807, 2.05) is 74.5 Å². The summed E-state index contributed by atoms with van der Waals surface area (Å²) in [6, 6.07) is 29.2. The van der Waals surface area contributed by atoms with Gasteiger partial charge < -0.3 is 35.6 Å². The number of morpholine rings is 1. The molecule has 0 aliphatic carbocycles. The Kier molecular flexibility index (Phi) is 18.8. The van der Waals surface area contributed by atoms with E-state index in [9.17, 15) is 19.1 Å². The van der Waals surface area contributed by atoms with Gasteiger partial charge in [-0.2, -0.15) is 0 Å². The highest BCUT2D eigenvalue weighted by Crippen LogP contribution is 2.27. The summed E-state index contributed by atoms with van der Waals surface area (Å²) >= 11 is 4.34. The van der Waals surface area contributed by atoms with Crippen LogP contribution >= 0.6 is 45.2 Å². The number of rotatable bonds is 9. The molecule has 1 saturated heterocycles. The van der Waals surface area contributed by atoms with E-state index in [-0.39, 0.29) is 18.5 Å². The van der Waals surface area contributed by atoms with Gasteiger partial charge in [0.1, 0.15) is 17.3 Å². The van der Waals surface area contributed by atoms with Crippen molar-refractivity contribution in [1.82, 2.24) is 0 Å². The third-order valence-electron chi connectivity index (χ3n) is 7.10. The van der Waals surface area contributed by atoms with Crippen molar-refractivity contribution in [1.29, 1.82) is 5.41 Å². The summed E-state index contributed by atoms with van der Waals surface area (Å²) in [5.41, 5.74) is 8.17. The second kappa shape index (κ2) is 23.0. The van der Waals surface area contributed by atoms with Crippen molar-refractivity contribution in [3.8, 4) is 11.5 Å². The fourth-order valence-electron chi connectivity index (χ4n) is 4.79. The molecule has 13 heteroatoms. The van der Waals surface area contributed by atoms with Crippen molar-refractivity contribution in [2.24, 2.45) is 11.7 Å². The third kappa shape index (κ3) is 14.3. The Hall–Kier alpha value is -3.80. The van der Waals surface area contributed by atoms with Crippen molar-refractivity contribution in [3.63, 3.8) is 0 Å². The van der Waals surface area contributed by atoms with E-state index >= 15 is 0 Å². The standard InChI is InChI=1S/C23H28N4O4.C9H11IO.C6H5IO.CH3F/c1-14(2)13-16-5-3-4-6-18(16)27-11-12-31-20(23(27)30)19(28)22(29)26-17-9-7-15(8-10-17)21(24)25;1-7(2)11-9-6-4-3-5-8(9)10;7-5-3-1-2-4-6(5)8;1-2/h3-10,14,19-20,28H,11-13H2,1-2H3,(H3,24,25)(H,26,29);3-7H,1-2H3;1-4,8H;1H3/t19-,20-;;;/m1.../s1/i;;;1D. The first-order valence-electron chi connectivity index (χ1n) is 17.0. The van der Waals surface area contributed by atoms with E-state index in [4.69, 9.17) is 27.1 Å². The highest BCUT2D eigenvalue weighted by molar-refractivity contribution is 14.1. The number of carbonyl (C=O) groups is 2. The Balaban J connectivity index is 0.000000356. The van der Waals surface area contributed by atoms with Gasteiger partial charge in [-0.25, -0.2) is 0 Å². The SMILES string of the molecule is CC(C)Cc1ccccc1N1CCO[C@H]([C@@H](O)C(=O)Nc2ccc(C(=N)N)cc2)C1=O.CC(C)Oc1ccccc1I.Oc1ccccc1I.[2H]CF. The monoisotopic (exact) mass is 941 g/mol. The van der Waals surface area contributed by atoms with E-state index in [1.165, 1.54) is 3.57 Å². The second-order valence-electron chi connectivity index (χ2n) is 12.0. The van der Waals surface area contributed by atoms with Gasteiger partial charge in [-0.1, -0.05) is 56.3 Å². The first-order chi connectivity index (χ1) is 25.2. The lowest BCUT2D eigenvalue weighted by molar-refractivity contribution is -0.150. The Morgan fingerprint density at radius 3 is 2.13 bits per heavy atom. The predicted molar refractivity (Wildman–Crippen MR) is 222 cm³/mol. The molecule has 0 bridgehead atoms. The summed E-state index contributed by atoms with van der Waals surface area (Å²) in [5.74, 6) is 0.468. The number of amidine groups is 1. The minimum atomic E-state index is -1.67. The number of halogens is 3. The number of nitrogens with two attached hydrogens (primary N) is 1. The summed E-state index contributed by atoms with van der Waals surface area (Å²) < 4.78 is 28.6. The lowest BCUT2D eigenvalue weighted by Crippen LogP contribution is -2.55. The number of phenols is 1. The van der Waals surface area contributed by atoms with Crippen LogP contribution in [0.25, 0.3) is 0 Å². The summed E-state index contributed by atoms with van der Waals surface area (Å²) in [6.07, 6.45) is -1.89. The van der Waals surface area contributed by atoms with Gasteiger partial charge in [0.25, 0.3) is 11.8 Å². The minimum absolute atomic E-state index is 0.0862. The van der Waals surface area contributed by atoms with Crippen LogP contribution in [0.3, 0.4) is 0 Å². The number of aromatic hydroxyl groups is 1. The van der Waals surface area contributed by atoms with Gasteiger partial charge in [0, 0.05) is 23.5 Å². The van der Waals surface area contributed by atoms with Crippen molar-refractivity contribution >= 4 is 74.2 Å². The average molecular weight is 942 g/mol. The van der Waals surface area contributed by atoms with Crippen molar-refractivity contribution in [2.75, 3.05) is 30.5 Å². The number of alkyl halides is 1. The van der Waals surface area contributed by atoms with Gasteiger partial charge in [0.2, 0.25) is 0 Å². The molecule has 1 heterocycles. The summed E-state index contributed by atoms with van der Waals surface area (Å²) in [6.45, 7) is 8.84. The van der Waals surface area contributed by atoms with Gasteiger partial charge in [0.05, 0.1) is 28.4 Å². The first kappa shape index (κ1) is 42.6. The van der Waals surface area contributed by atoms with E-state index < -0.39 is 31.2 Å². The molecule has 4 aromatic carbocycles. The summed E-state index contributed by atoms with van der Waals surface area (Å²) in [5, 5.41) is 29.4. The van der Waals surface area contributed by atoms with Crippen LogP contribution in [-0.4, -0.2) is 66.5 Å². The Labute approximate surface area is 334 Å². The fourth-order valence-corrected chi connectivity index (χ4v) is 5.69. The largest absolute Gasteiger partial charge is 0.507 e. The number of nitrogens with one attached hydrogen (secondary N) is 2. The van der Waals surface area contributed by atoms with E-state index in [1.54, 1.807) is 41.3 Å². The summed E-state index contributed by atoms with van der Waals surface area (Å²) in [4.78, 5) is 27.2. The number of hydrogen-bond acceptors (Lipinski definition) is 7. The fraction of sp³-hybridized carbons (Fsp3) is 0.308. The zero-order valence-electron chi connectivity index (χ0n) is 30.6. The second-order valence-corrected chi connectivity index (χ2v) is 14.3. The molecule has 4 aromatic rings. The number of carbonyl (C=O) groups excluding carboxylic acids is 2. The number of para-hydroxylation sites is 3. The van der Waals surface area contributed by atoms with Crippen LogP contribution < -0.4 is 20.7 Å². The number of phenolic OH excluding ortho intramolecular Hbond substituents is 1. The van der Waals surface area contributed by atoms with E-state index in [0.29, 0.717) is 29.5 Å². The molecule has 0 saturated carbocycles. The molecule has 280 valence electrons. The maximum atomic E-state index is 13.1. The molecule has 0 spiro atoms. The van der Waals surface area contributed by atoms with Gasteiger partial charge in [-0.15, -0.1) is 0 Å². The number of ether oxygens (including phenoxy) is 2. The quantitative estimate of drug-likeness (QED) is 0.0659. The number of aliphatic hydroxyl groups excluding tert-OH is 1. The van der Waals surface area contributed by atoms with Crippen LogP contribution in [-0.2, 0) is 20.7 Å². The predicted octanol–water partition coefficient (Wildman–Crippen LogP) is 7.56. The topological polar surface area (TPSA) is 158 Å². The van der Waals surface area contributed by atoms with E-state index in [0.717, 1.165) is 27.0 Å². The maximum absolute atomic E-state index is 13.1. The number of hydrogen-bond donors (Lipinski definition) is 5. The number of nitrogens with zero attached hydrogens (tertiary/aromatic N) is 1. The van der Waals surface area contributed by atoms with Crippen molar-refractivity contribution in [3.05, 3.63) is 115 Å². The first-order valence-corrected chi connectivity index (χ1v) is 18.5. The van der Waals surface area contributed by atoms with Crippen LogP contribution in [0.2, 0.25) is 0 Å². The number of benzene rings is 4. The summed E-state index contributed by atoms with van der Waals surface area (Å²) in [7, 11) is -1.00. The molecule has 1 fully saturated rings. The zero-order chi connectivity index (χ0) is 39.5. The highest BCUT2D eigenvalue weighted by Gasteiger charge is 2.39. The highest BCUT2D eigenvalue weighted by atomic mass is 127. The van der Waals surface area contributed by atoms with Crippen molar-refractivity contribution < 1.29 is 35.0 Å². The van der Waals surface area contributed by atoms with Crippen LogP contribution in [0.5, 0.6) is 11.5 Å². The van der Waals surface area contributed by atoms with Crippen LogP contribution in [0.15, 0.2) is 97.1 Å². The smallest absolute Gasteiger partial charge is 0.259 e. The minimum Gasteiger partial charge on any atom is -0.507 e. The Morgan fingerprint density at radius 1 is 1.02 bits per heavy atom. The number of aliphatic hydroxyl groups is 1. The molecule has 10 nitrogen and oxygen atoms in total. The lowest BCUT2D eigenvalue weighted by atomic mass is 9.99. The molecule has 52 heavy (non-hydrogen) atoms. The molecular formula is C39H47FI2N4O6. The molecule has 6 N–H and O–H groups in total. The van der Waals surface area contributed by atoms with Crippen LogP contribution in [0.1, 0.15) is 40.2 Å². The molecule has 0 aromatic heterocycles. The van der Waals surface area contributed by atoms with Gasteiger partial charge in [-0.05, 0) is 132 Å². The average Bonchev–Trinajstić information content (AvgIpc) is 3.11.